The average molecular weight is 357 g/mol. The zero-order valence-electron chi connectivity index (χ0n) is 14.5. The van der Waals surface area contributed by atoms with Gasteiger partial charge in [0.05, 0.1) is 0 Å². The summed E-state index contributed by atoms with van der Waals surface area (Å²) in [7, 11) is -2.38. The Morgan fingerprint density at radius 1 is 0.708 bits per heavy atom. The smallest absolute Gasteiger partial charge is 0.297 e. The fraction of sp³-hybridized carbons (Fsp3) is 0.889. The van der Waals surface area contributed by atoms with Gasteiger partial charge in [0.2, 0.25) is 0 Å². The Morgan fingerprint density at radius 2 is 1.08 bits per heavy atom. The molecule has 0 aliphatic heterocycles. The summed E-state index contributed by atoms with van der Waals surface area (Å²) >= 11 is 0. The Balaban J connectivity index is 1.53. The lowest BCUT2D eigenvalue weighted by atomic mass is 9.86. The molecule has 0 amide bonds. The van der Waals surface area contributed by atoms with Gasteiger partial charge in [-0.3, -0.25) is 9.59 Å². The Morgan fingerprint density at radius 3 is 1.46 bits per heavy atom. The van der Waals surface area contributed by atoms with Crippen molar-refractivity contribution < 1.29 is 23.2 Å². The van der Waals surface area contributed by atoms with Crippen LogP contribution in [0.15, 0.2) is 0 Å². The molecule has 2 fully saturated rings. The second-order valence-corrected chi connectivity index (χ2v) is 8.23. The number of carbonyl (C=O) groups is 2. The van der Waals surface area contributed by atoms with E-state index in [1.54, 1.807) is 0 Å². The molecule has 0 bridgehead atoms. The zero-order chi connectivity index (χ0) is 17.2. The second-order valence-electron chi connectivity index (χ2n) is 7.26. The van der Waals surface area contributed by atoms with Crippen LogP contribution in [0.2, 0.25) is 0 Å². The lowest BCUT2D eigenvalue weighted by Crippen LogP contribution is -2.16. The van der Waals surface area contributed by atoms with Crippen molar-refractivity contribution in [3.05, 3.63) is 0 Å². The number of ketones is 2. The molecule has 24 heavy (non-hydrogen) atoms. The quantitative estimate of drug-likeness (QED) is 0.527. The first-order chi connectivity index (χ1) is 11.6. The maximum Gasteiger partial charge on any atom is 0.698 e. The highest BCUT2D eigenvalue weighted by Gasteiger charge is 2.26. The normalized spacial score (nSPS) is 20.0. The van der Waals surface area contributed by atoms with Crippen molar-refractivity contribution >= 4 is 19.8 Å². The molecule has 2 saturated carbocycles. The Bertz CT molecular complexity index is 387. The summed E-state index contributed by atoms with van der Waals surface area (Å²) in [4.78, 5) is 23.7. The summed E-state index contributed by atoms with van der Waals surface area (Å²) in [5.41, 5.74) is 0. The molecule has 0 saturated heterocycles. The first-order valence-electron chi connectivity index (χ1n) is 9.40. The van der Waals surface area contributed by atoms with E-state index in [4.69, 9.17) is 9.05 Å². The summed E-state index contributed by atoms with van der Waals surface area (Å²) in [6.07, 6.45) is 12.7. The molecule has 2 aliphatic rings. The van der Waals surface area contributed by atoms with Crippen molar-refractivity contribution in [2.75, 3.05) is 13.2 Å². The van der Waals surface area contributed by atoms with Crippen molar-refractivity contribution in [3.8, 4) is 0 Å². The largest absolute Gasteiger partial charge is 0.698 e. The van der Waals surface area contributed by atoms with Crippen molar-refractivity contribution in [2.45, 2.75) is 77.0 Å². The molecule has 0 unspecified atom stereocenters. The molecular formula is C18H30O5P+. The SMILES string of the molecule is O=C(CO[P+](=O)OCC(=O)CC1CCCCC1)CC1CCCCC1. The number of Topliss-reactive ketones (excluding diaryl/α,β-unsaturated/α-hetero) is 2. The highest BCUT2D eigenvalue weighted by Crippen LogP contribution is 2.29. The molecule has 6 heteroatoms. The number of carbonyl (C=O) groups excluding carboxylic acids is 2. The lowest BCUT2D eigenvalue weighted by Gasteiger charge is -2.20. The third kappa shape index (κ3) is 7.96. The molecule has 0 aromatic rings. The molecule has 136 valence electrons. The summed E-state index contributed by atoms with van der Waals surface area (Å²) in [6, 6.07) is 0. The molecule has 0 heterocycles. The van der Waals surface area contributed by atoms with E-state index < -0.39 is 8.25 Å². The van der Waals surface area contributed by atoms with Gasteiger partial charge in [0.15, 0.2) is 24.8 Å². The number of hydrogen-bond donors (Lipinski definition) is 0. The summed E-state index contributed by atoms with van der Waals surface area (Å²) in [5.74, 6) is 0.848. The maximum absolute atomic E-state index is 11.8. The van der Waals surface area contributed by atoms with Gasteiger partial charge in [-0.25, -0.2) is 0 Å². The number of hydrogen-bond acceptors (Lipinski definition) is 5. The van der Waals surface area contributed by atoms with Crippen LogP contribution in [0.4, 0.5) is 0 Å². The van der Waals surface area contributed by atoms with Crippen LogP contribution in [-0.4, -0.2) is 24.8 Å². The van der Waals surface area contributed by atoms with Gasteiger partial charge < -0.3 is 0 Å². The van der Waals surface area contributed by atoms with Gasteiger partial charge in [0.1, 0.15) is 0 Å². The molecule has 0 aromatic carbocycles. The molecule has 2 aliphatic carbocycles. The van der Waals surface area contributed by atoms with Gasteiger partial charge >= 0.3 is 8.25 Å². The van der Waals surface area contributed by atoms with Crippen LogP contribution in [0.25, 0.3) is 0 Å². The first kappa shape index (κ1) is 19.7. The van der Waals surface area contributed by atoms with Gasteiger partial charge in [-0.15, -0.1) is 9.05 Å². The van der Waals surface area contributed by atoms with Crippen LogP contribution in [-0.2, 0) is 23.2 Å². The van der Waals surface area contributed by atoms with E-state index in [0.717, 1.165) is 25.7 Å². The fourth-order valence-electron chi connectivity index (χ4n) is 3.83. The molecule has 0 radical (unpaired) electrons. The van der Waals surface area contributed by atoms with Gasteiger partial charge in [0, 0.05) is 17.4 Å². The third-order valence-corrected chi connectivity index (χ3v) is 5.82. The van der Waals surface area contributed by atoms with Gasteiger partial charge in [0.25, 0.3) is 0 Å². The van der Waals surface area contributed by atoms with Gasteiger partial charge in [-0.05, 0) is 11.8 Å². The minimum Gasteiger partial charge on any atom is -0.297 e. The predicted octanol–water partition coefficient (Wildman–Crippen LogP) is 4.76. The van der Waals surface area contributed by atoms with E-state index in [1.807, 2.05) is 0 Å². The molecule has 0 aromatic heterocycles. The topological polar surface area (TPSA) is 69.7 Å². The first-order valence-corrected chi connectivity index (χ1v) is 10.5. The van der Waals surface area contributed by atoms with E-state index in [1.165, 1.54) is 38.5 Å². The lowest BCUT2D eigenvalue weighted by molar-refractivity contribution is -0.122. The van der Waals surface area contributed by atoms with Crippen LogP contribution in [0.5, 0.6) is 0 Å². The molecule has 0 N–H and O–H groups in total. The molecule has 5 nitrogen and oxygen atoms in total. The van der Waals surface area contributed by atoms with Crippen molar-refractivity contribution in [1.82, 2.24) is 0 Å². The summed E-state index contributed by atoms with van der Waals surface area (Å²) in [6.45, 7) is -0.356. The Kier molecular flexibility index (Phi) is 9.08. The fourth-order valence-corrected chi connectivity index (χ4v) is 4.40. The van der Waals surface area contributed by atoms with Crippen LogP contribution in [0.3, 0.4) is 0 Å². The zero-order valence-corrected chi connectivity index (χ0v) is 15.4. The van der Waals surface area contributed by atoms with Gasteiger partial charge in [-0.2, -0.15) is 0 Å². The van der Waals surface area contributed by atoms with E-state index in [0.29, 0.717) is 24.7 Å². The van der Waals surface area contributed by atoms with Crippen molar-refractivity contribution in [2.24, 2.45) is 11.8 Å². The predicted molar refractivity (Wildman–Crippen MR) is 91.9 cm³/mol. The second kappa shape index (κ2) is 11.1. The molecule has 2 rings (SSSR count). The maximum atomic E-state index is 11.8. The van der Waals surface area contributed by atoms with E-state index in [9.17, 15) is 14.2 Å². The van der Waals surface area contributed by atoms with E-state index >= 15 is 0 Å². The van der Waals surface area contributed by atoms with Crippen LogP contribution < -0.4 is 0 Å². The molecule has 0 spiro atoms. The highest BCUT2D eigenvalue weighted by molar-refractivity contribution is 7.33. The molecular weight excluding hydrogens is 327 g/mol. The van der Waals surface area contributed by atoms with Crippen LogP contribution in [0, 0.1) is 11.8 Å². The van der Waals surface area contributed by atoms with Crippen LogP contribution in [0.1, 0.15) is 77.0 Å². The molecule has 0 atom stereocenters. The summed E-state index contributed by atoms with van der Waals surface area (Å²) < 4.78 is 21.6. The standard InChI is InChI=1S/C18H30O5P/c19-17(11-15-7-3-1-4-8-15)13-22-24(21)23-14-18(20)12-16-9-5-2-6-10-16/h15-16H,1-14H2/q+1. The highest BCUT2D eigenvalue weighted by atomic mass is 31.1. The van der Waals surface area contributed by atoms with Crippen molar-refractivity contribution in [3.63, 3.8) is 0 Å². The van der Waals surface area contributed by atoms with Crippen molar-refractivity contribution in [1.29, 1.82) is 0 Å². The average Bonchev–Trinajstić information content (AvgIpc) is 2.60. The minimum atomic E-state index is -2.38. The monoisotopic (exact) mass is 357 g/mol. The Hall–Kier alpha value is -0.640. The van der Waals surface area contributed by atoms with Crippen LogP contribution >= 0.6 is 8.25 Å². The number of rotatable bonds is 10. The van der Waals surface area contributed by atoms with Gasteiger partial charge in [-0.1, -0.05) is 64.2 Å². The van der Waals surface area contributed by atoms with E-state index in [2.05, 4.69) is 0 Å². The Labute approximate surface area is 145 Å². The third-order valence-electron chi connectivity index (χ3n) is 5.14. The summed E-state index contributed by atoms with van der Waals surface area (Å²) in [5, 5.41) is 0. The minimum absolute atomic E-state index is 0.0256. The van der Waals surface area contributed by atoms with E-state index in [-0.39, 0.29) is 24.8 Å².